The molecule has 4 rings (SSSR count). The Morgan fingerprint density at radius 2 is 1.86 bits per heavy atom. The summed E-state index contributed by atoms with van der Waals surface area (Å²) in [6.45, 7) is 2.88. The second-order valence-electron chi connectivity index (χ2n) is 10.0. The summed E-state index contributed by atoms with van der Waals surface area (Å²) in [5, 5.41) is 5.69. The third-order valence-corrected chi connectivity index (χ3v) is 7.68. The van der Waals surface area contributed by atoms with E-state index in [0.29, 0.717) is 5.75 Å². The maximum absolute atomic E-state index is 13.5. The maximum atomic E-state index is 13.5. The third-order valence-electron chi connectivity index (χ3n) is 7.68. The zero-order chi connectivity index (χ0) is 25.9. The van der Waals surface area contributed by atoms with Gasteiger partial charge in [-0.2, -0.15) is 0 Å². The van der Waals surface area contributed by atoms with Gasteiger partial charge in [-0.3, -0.25) is 4.90 Å². The van der Waals surface area contributed by atoms with E-state index in [-0.39, 0.29) is 23.2 Å². The number of rotatable bonds is 8. The molecule has 0 unspecified atom stereocenters. The zero-order valence-corrected chi connectivity index (χ0v) is 21.4. The largest absolute Gasteiger partial charge is 0.493 e. The molecule has 3 atom stereocenters. The normalized spacial score (nSPS) is 23.9. The summed E-state index contributed by atoms with van der Waals surface area (Å²) in [7, 11) is 7.44. The molecule has 2 N–H and O–H groups in total. The van der Waals surface area contributed by atoms with E-state index in [2.05, 4.69) is 46.7 Å². The fraction of sp³-hybridized carbons (Fsp3) is 0.519. The molecule has 0 aromatic heterocycles. The van der Waals surface area contributed by atoms with Crippen LogP contribution in [0.25, 0.3) is 0 Å². The van der Waals surface area contributed by atoms with Crippen LogP contribution in [0.3, 0.4) is 0 Å². The van der Waals surface area contributed by atoms with Gasteiger partial charge in [-0.05, 0) is 76.2 Å². The quantitative estimate of drug-likeness (QED) is 0.566. The lowest BCUT2D eigenvalue weighted by Crippen LogP contribution is -2.53. The molecule has 7 nitrogen and oxygen atoms in total. The number of urea groups is 1. The maximum Gasteiger partial charge on any atom is 0.319 e. The fourth-order valence-corrected chi connectivity index (χ4v) is 5.78. The predicted octanol–water partition coefficient (Wildman–Crippen LogP) is 4.23. The van der Waals surface area contributed by atoms with E-state index in [1.807, 2.05) is 6.07 Å². The molecule has 2 aromatic carbocycles. The number of amides is 2. The van der Waals surface area contributed by atoms with E-state index in [1.54, 1.807) is 14.2 Å². The predicted molar refractivity (Wildman–Crippen MR) is 136 cm³/mol. The Morgan fingerprint density at radius 3 is 2.56 bits per heavy atom. The van der Waals surface area contributed by atoms with Gasteiger partial charge < -0.3 is 25.0 Å². The van der Waals surface area contributed by atoms with Crippen molar-refractivity contribution in [3.05, 3.63) is 53.6 Å². The number of likely N-dealkylation sites (tertiary alicyclic amines) is 1. The van der Waals surface area contributed by atoms with Crippen LogP contribution in [0.5, 0.6) is 11.5 Å². The molecule has 2 amide bonds. The molecular weight excluding hydrogens is 466 g/mol. The first-order valence-corrected chi connectivity index (χ1v) is 12.4. The van der Waals surface area contributed by atoms with Crippen molar-refractivity contribution in [1.82, 2.24) is 15.1 Å². The number of nitrogens with zero attached hydrogens (tertiary/aromatic N) is 2. The molecule has 1 saturated heterocycles. The van der Waals surface area contributed by atoms with Gasteiger partial charge in [-0.1, -0.05) is 6.07 Å². The van der Waals surface area contributed by atoms with Crippen LogP contribution in [-0.2, 0) is 5.41 Å². The van der Waals surface area contributed by atoms with Gasteiger partial charge in [-0.25, -0.2) is 13.6 Å². The minimum absolute atomic E-state index is 0.0338. The lowest BCUT2D eigenvalue weighted by molar-refractivity contribution is 0.129. The highest BCUT2D eigenvalue weighted by molar-refractivity contribution is 5.89. The van der Waals surface area contributed by atoms with Crippen molar-refractivity contribution in [2.24, 2.45) is 0 Å². The Kier molecular flexibility index (Phi) is 8.00. The van der Waals surface area contributed by atoms with E-state index < -0.39 is 17.7 Å². The molecular formula is C27H36F2N4O3. The van der Waals surface area contributed by atoms with Crippen molar-refractivity contribution in [3.8, 4) is 11.5 Å². The summed E-state index contributed by atoms with van der Waals surface area (Å²) in [6, 6.07) is 9.36. The van der Waals surface area contributed by atoms with Crippen LogP contribution in [-0.4, -0.2) is 75.9 Å². The van der Waals surface area contributed by atoms with Crippen molar-refractivity contribution < 1.29 is 23.0 Å². The number of hydrogen-bond donors (Lipinski definition) is 2. The van der Waals surface area contributed by atoms with Gasteiger partial charge in [0.25, 0.3) is 0 Å². The first-order valence-electron chi connectivity index (χ1n) is 12.4. The second kappa shape index (κ2) is 11.0. The Balaban J connectivity index is 1.52. The van der Waals surface area contributed by atoms with E-state index >= 15 is 0 Å². The Labute approximate surface area is 211 Å². The molecule has 9 heteroatoms. The number of likely N-dealkylation sites (N-methyl/N-ethyl adjacent to an activating group) is 1. The van der Waals surface area contributed by atoms with Gasteiger partial charge in [0.05, 0.1) is 14.2 Å². The molecule has 36 heavy (non-hydrogen) atoms. The molecule has 1 heterocycles. The monoisotopic (exact) mass is 502 g/mol. The minimum atomic E-state index is -0.993. The Hall–Kier alpha value is -2.91. The van der Waals surface area contributed by atoms with Gasteiger partial charge in [0, 0.05) is 42.3 Å². The molecule has 1 saturated carbocycles. The van der Waals surface area contributed by atoms with Crippen LogP contribution in [0.15, 0.2) is 36.4 Å². The minimum Gasteiger partial charge on any atom is -0.493 e. The summed E-state index contributed by atoms with van der Waals surface area (Å²) in [6.07, 6.45) is 3.57. The summed E-state index contributed by atoms with van der Waals surface area (Å²) in [5.74, 6) is -0.506. The number of ether oxygens (including phenoxy) is 2. The molecule has 2 fully saturated rings. The molecule has 1 aliphatic carbocycles. The lowest BCUT2D eigenvalue weighted by atomic mass is 9.65. The smallest absolute Gasteiger partial charge is 0.319 e. The molecule has 1 aliphatic heterocycles. The van der Waals surface area contributed by atoms with Crippen LogP contribution >= 0.6 is 0 Å². The van der Waals surface area contributed by atoms with Crippen molar-refractivity contribution in [2.45, 2.75) is 43.2 Å². The third kappa shape index (κ3) is 5.42. The number of carbonyl (C=O) groups is 1. The highest BCUT2D eigenvalue weighted by atomic mass is 19.2. The number of anilines is 1. The lowest BCUT2D eigenvalue weighted by Gasteiger charge is -2.45. The van der Waals surface area contributed by atoms with Crippen molar-refractivity contribution in [1.29, 1.82) is 0 Å². The van der Waals surface area contributed by atoms with E-state index in [9.17, 15) is 13.6 Å². The standard InChI is InChI=1S/C27H36F2N4O3/c1-32(2)13-14-33-12-11-27(18-5-8-23(35-3)24(15-18)36-4)10-9-20(17-25(27)33)31-26(34)30-19-6-7-21(28)22(29)16-19/h5-8,15-16,20,25H,9-14,17H2,1-4H3,(H2,30,31,34)/t20-,25+,27+/m1/s1. The molecule has 2 aliphatic rings. The SMILES string of the molecule is COc1ccc([C@@]23CC[C@@H](NC(=O)Nc4ccc(F)c(F)c4)C[C@@H]2N(CCN(C)C)CC3)cc1OC. The van der Waals surface area contributed by atoms with E-state index in [1.165, 1.54) is 11.6 Å². The zero-order valence-electron chi connectivity index (χ0n) is 21.4. The van der Waals surface area contributed by atoms with E-state index in [4.69, 9.17) is 9.47 Å². The van der Waals surface area contributed by atoms with Crippen LogP contribution < -0.4 is 20.1 Å². The summed E-state index contributed by atoms with van der Waals surface area (Å²) < 4.78 is 37.8. The van der Waals surface area contributed by atoms with Gasteiger partial charge >= 0.3 is 6.03 Å². The number of methoxy groups -OCH3 is 2. The van der Waals surface area contributed by atoms with Gasteiger partial charge in [0.1, 0.15) is 0 Å². The topological polar surface area (TPSA) is 66.1 Å². The summed E-state index contributed by atoms with van der Waals surface area (Å²) in [4.78, 5) is 17.4. The average molecular weight is 503 g/mol. The first kappa shape index (κ1) is 26.2. The Morgan fingerprint density at radius 1 is 1.08 bits per heavy atom. The molecule has 0 bridgehead atoms. The van der Waals surface area contributed by atoms with Crippen molar-refractivity contribution in [2.75, 3.05) is 53.3 Å². The van der Waals surface area contributed by atoms with Crippen LogP contribution in [0, 0.1) is 11.6 Å². The van der Waals surface area contributed by atoms with Crippen LogP contribution in [0.1, 0.15) is 31.2 Å². The number of benzene rings is 2. The number of nitrogens with one attached hydrogen (secondary N) is 2. The number of fused-ring (bicyclic) bond motifs is 1. The summed E-state index contributed by atoms with van der Waals surface area (Å²) in [5.41, 5.74) is 1.42. The van der Waals surface area contributed by atoms with Crippen molar-refractivity contribution in [3.63, 3.8) is 0 Å². The summed E-state index contributed by atoms with van der Waals surface area (Å²) >= 11 is 0. The van der Waals surface area contributed by atoms with Crippen LogP contribution in [0.2, 0.25) is 0 Å². The average Bonchev–Trinajstić information content (AvgIpc) is 3.23. The fourth-order valence-electron chi connectivity index (χ4n) is 5.78. The highest BCUT2D eigenvalue weighted by Gasteiger charge is 2.51. The number of carbonyl (C=O) groups excluding carboxylic acids is 1. The highest BCUT2D eigenvalue weighted by Crippen LogP contribution is 2.50. The van der Waals surface area contributed by atoms with Gasteiger partial charge in [0.15, 0.2) is 23.1 Å². The van der Waals surface area contributed by atoms with Gasteiger partial charge in [-0.15, -0.1) is 0 Å². The van der Waals surface area contributed by atoms with Crippen molar-refractivity contribution >= 4 is 11.7 Å². The van der Waals surface area contributed by atoms with Crippen LogP contribution in [0.4, 0.5) is 19.3 Å². The Bertz CT molecular complexity index is 1080. The van der Waals surface area contributed by atoms with E-state index in [0.717, 1.165) is 63.2 Å². The molecule has 196 valence electrons. The second-order valence-corrected chi connectivity index (χ2v) is 10.0. The molecule has 0 radical (unpaired) electrons. The van der Waals surface area contributed by atoms with Gasteiger partial charge in [0.2, 0.25) is 0 Å². The first-order chi connectivity index (χ1) is 17.3. The molecule has 2 aromatic rings. The number of halogens is 2. The molecule has 0 spiro atoms. The number of hydrogen-bond acceptors (Lipinski definition) is 5.